The number of hydrogen-bond acceptors (Lipinski definition) is 3. The van der Waals surface area contributed by atoms with E-state index in [2.05, 4.69) is 37.1 Å². The molecule has 1 aromatic heterocycles. The predicted molar refractivity (Wildman–Crippen MR) is 70.9 cm³/mol. The SMILES string of the molecule is CCC(CC)(CC)Nc1nc(C)ccc1C#N. The third kappa shape index (κ3) is 2.97. The maximum Gasteiger partial charge on any atom is 0.144 e. The predicted octanol–water partition coefficient (Wildman–Crippen LogP) is 3.64. The van der Waals surface area contributed by atoms with Crippen molar-refractivity contribution in [2.24, 2.45) is 0 Å². The molecule has 0 spiro atoms. The van der Waals surface area contributed by atoms with Gasteiger partial charge in [0.2, 0.25) is 0 Å². The first kappa shape index (κ1) is 13.5. The van der Waals surface area contributed by atoms with Gasteiger partial charge < -0.3 is 5.32 Å². The summed E-state index contributed by atoms with van der Waals surface area (Å²) in [6.07, 6.45) is 3.08. The van der Waals surface area contributed by atoms with E-state index in [1.165, 1.54) is 0 Å². The van der Waals surface area contributed by atoms with Gasteiger partial charge in [-0.15, -0.1) is 0 Å². The minimum atomic E-state index is 0.0480. The number of hydrogen-bond donors (Lipinski definition) is 1. The van der Waals surface area contributed by atoms with Gasteiger partial charge in [-0.2, -0.15) is 5.26 Å². The van der Waals surface area contributed by atoms with E-state index in [9.17, 15) is 0 Å². The van der Waals surface area contributed by atoms with Crippen LogP contribution in [0.25, 0.3) is 0 Å². The van der Waals surface area contributed by atoms with Crippen LogP contribution in [-0.2, 0) is 0 Å². The summed E-state index contributed by atoms with van der Waals surface area (Å²) in [6, 6.07) is 5.89. The van der Waals surface area contributed by atoms with Crippen molar-refractivity contribution >= 4 is 5.82 Å². The highest BCUT2D eigenvalue weighted by Gasteiger charge is 2.24. The third-order valence-corrected chi connectivity index (χ3v) is 3.57. The molecule has 0 amide bonds. The van der Waals surface area contributed by atoms with Crippen LogP contribution in [-0.4, -0.2) is 10.5 Å². The zero-order valence-electron chi connectivity index (χ0n) is 11.2. The van der Waals surface area contributed by atoms with Crippen molar-refractivity contribution in [3.63, 3.8) is 0 Å². The van der Waals surface area contributed by atoms with Crippen molar-refractivity contribution in [1.29, 1.82) is 5.26 Å². The molecule has 0 radical (unpaired) electrons. The molecule has 1 N–H and O–H groups in total. The van der Waals surface area contributed by atoms with Gasteiger partial charge in [0, 0.05) is 11.2 Å². The summed E-state index contributed by atoms with van der Waals surface area (Å²) in [5, 5.41) is 12.6. The topological polar surface area (TPSA) is 48.7 Å². The Labute approximate surface area is 104 Å². The fourth-order valence-corrected chi connectivity index (χ4v) is 2.01. The van der Waals surface area contributed by atoms with Gasteiger partial charge in [0.05, 0.1) is 5.56 Å². The second-order valence-corrected chi connectivity index (χ2v) is 4.43. The Balaban J connectivity index is 3.09. The van der Waals surface area contributed by atoms with Gasteiger partial charge in [-0.25, -0.2) is 4.98 Å². The Morgan fingerprint density at radius 2 is 1.82 bits per heavy atom. The normalized spacial score (nSPS) is 11.0. The van der Waals surface area contributed by atoms with Crippen LogP contribution in [0, 0.1) is 18.3 Å². The number of nitrogens with one attached hydrogen (secondary N) is 1. The quantitative estimate of drug-likeness (QED) is 0.841. The first-order valence-electron chi connectivity index (χ1n) is 6.26. The summed E-state index contributed by atoms with van der Waals surface area (Å²) in [6.45, 7) is 8.45. The van der Waals surface area contributed by atoms with Crippen LogP contribution in [0.3, 0.4) is 0 Å². The molecule has 1 aromatic rings. The summed E-state index contributed by atoms with van der Waals surface area (Å²) >= 11 is 0. The molecule has 1 rings (SSSR count). The lowest BCUT2D eigenvalue weighted by Crippen LogP contribution is -2.36. The molecule has 0 fully saturated rings. The van der Waals surface area contributed by atoms with Crippen LogP contribution < -0.4 is 5.32 Å². The summed E-state index contributed by atoms with van der Waals surface area (Å²) in [4.78, 5) is 4.44. The molecule has 0 atom stereocenters. The van der Waals surface area contributed by atoms with Crippen LogP contribution >= 0.6 is 0 Å². The first-order valence-corrected chi connectivity index (χ1v) is 6.26. The van der Waals surface area contributed by atoms with Crippen LogP contribution in [0.2, 0.25) is 0 Å². The summed E-state index contributed by atoms with van der Waals surface area (Å²) in [5.74, 6) is 0.720. The van der Waals surface area contributed by atoms with E-state index in [-0.39, 0.29) is 5.54 Å². The minimum Gasteiger partial charge on any atom is -0.364 e. The fourth-order valence-electron chi connectivity index (χ4n) is 2.01. The number of nitriles is 1. The number of nitrogens with zero attached hydrogens (tertiary/aromatic N) is 2. The van der Waals surface area contributed by atoms with Gasteiger partial charge in [-0.05, 0) is 38.3 Å². The molecule has 0 unspecified atom stereocenters. The van der Waals surface area contributed by atoms with Crippen molar-refractivity contribution in [2.75, 3.05) is 5.32 Å². The molecule has 0 aliphatic rings. The summed E-state index contributed by atoms with van der Waals surface area (Å²) < 4.78 is 0. The summed E-state index contributed by atoms with van der Waals surface area (Å²) in [7, 11) is 0. The Morgan fingerprint density at radius 3 is 2.29 bits per heavy atom. The van der Waals surface area contributed by atoms with E-state index in [1.54, 1.807) is 0 Å². The van der Waals surface area contributed by atoms with E-state index in [0.717, 1.165) is 30.8 Å². The Morgan fingerprint density at radius 1 is 1.24 bits per heavy atom. The van der Waals surface area contributed by atoms with Gasteiger partial charge >= 0.3 is 0 Å². The minimum absolute atomic E-state index is 0.0480. The molecule has 17 heavy (non-hydrogen) atoms. The van der Waals surface area contributed by atoms with Crippen molar-refractivity contribution in [3.8, 4) is 6.07 Å². The lowest BCUT2D eigenvalue weighted by Gasteiger charge is -2.32. The average Bonchev–Trinajstić information content (AvgIpc) is 2.36. The highest BCUT2D eigenvalue weighted by molar-refractivity contribution is 5.53. The monoisotopic (exact) mass is 231 g/mol. The molecular formula is C14H21N3. The molecule has 0 bridgehead atoms. The average molecular weight is 231 g/mol. The molecule has 3 nitrogen and oxygen atoms in total. The van der Waals surface area contributed by atoms with E-state index in [1.807, 2.05) is 19.1 Å². The zero-order valence-corrected chi connectivity index (χ0v) is 11.2. The first-order chi connectivity index (χ1) is 8.10. The number of rotatable bonds is 5. The Kier molecular flexibility index (Phi) is 4.51. The molecule has 92 valence electrons. The van der Waals surface area contributed by atoms with E-state index in [0.29, 0.717) is 5.56 Å². The summed E-state index contributed by atoms with van der Waals surface area (Å²) in [5.41, 5.74) is 1.60. The Bertz CT molecular complexity index is 406. The number of pyridine rings is 1. The largest absolute Gasteiger partial charge is 0.364 e. The standard InChI is InChI=1S/C14H21N3/c1-5-14(6-2,7-3)17-13-12(10-15)9-8-11(4)16-13/h8-9H,5-7H2,1-4H3,(H,16,17). The Hall–Kier alpha value is -1.56. The maximum absolute atomic E-state index is 9.09. The lowest BCUT2D eigenvalue weighted by molar-refractivity contribution is 0.419. The molecule has 0 aliphatic carbocycles. The third-order valence-electron chi connectivity index (χ3n) is 3.57. The number of aromatic nitrogens is 1. The van der Waals surface area contributed by atoms with Gasteiger partial charge in [-0.3, -0.25) is 0 Å². The van der Waals surface area contributed by atoms with Crippen LogP contribution in [0.15, 0.2) is 12.1 Å². The molecule has 3 heteroatoms. The fraction of sp³-hybridized carbons (Fsp3) is 0.571. The maximum atomic E-state index is 9.09. The molecule has 0 aliphatic heterocycles. The van der Waals surface area contributed by atoms with Crippen LogP contribution in [0.1, 0.15) is 51.3 Å². The molecule has 0 saturated carbocycles. The second kappa shape index (κ2) is 5.67. The second-order valence-electron chi connectivity index (χ2n) is 4.43. The van der Waals surface area contributed by atoms with E-state index < -0.39 is 0 Å². The van der Waals surface area contributed by atoms with E-state index >= 15 is 0 Å². The molecule has 1 heterocycles. The molecule has 0 aromatic carbocycles. The van der Waals surface area contributed by atoms with Crippen molar-refractivity contribution in [1.82, 2.24) is 4.98 Å². The zero-order chi connectivity index (χ0) is 12.9. The molecule has 0 saturated heterocycles. The van der Waals surface area contributed by atoms with Crippen molar-refractivity contribution in [2.45, 2.75) is 52.5 Å². The van der Waals surface area contributed by atoms with Gasteiger partial charge in [0.1, 0.15) is 11.9 Å². The smallest absolute Gasteiger partial charge is 0.144 e. The van der Waals surface area contributed by atoms with E-state index in [4.69, 9.17) is 5.26 Å². The van der Waals surface area contributed by atoms with Gasteiger partial charge in [-0.1, -0.05) is 20.8 Å². The highest BCUT2D eigenvalue weighted by Crippen LogP contribution is 2.26. The van der Waals surface area contributed by atoms with Crippen LogP contribution in [0.4, 0.5) is 5.82 Å². The lowest BCUT2D eigenvalue weighted by atomic mass is 9.89. The van der Waals surface area contributed by atoms with Gasteiger partial charge in [0.25, 0.3) is 0 Å². The molecular weight excluding hydrogens is 210 g/mol. The number of aryl methyl sites for hydroxylation is 1. The van der Waals surface area contributed by atoms with Gasteiger partial charge in [0.15, 0.2) is 0 Å². The highest BCUT2D eigenvalue weighted by atomic mass is 15.1. The van der Waals surface area contributed by atoms with Crippen LogP contribution in [0.5, 0.6) is 0 Å². The van der Waals surface area contributed by atoms with Crippen molar-refractivity contribution in [3.05, 3.63) is 23.4 Å². The number of anilines is 1. The van der Waals surface area contributed by atoms with Crippen molar-refractivity contribution < 1.29 is 0 Å².